The summed E-state index contributed by atoms with van der Waals surface area (Å²) < 4.78 is 5.68. The molecule has 5 heteroatoms. The average Bonchev–Trinajstić information content (AvgIpc) is 2.33. The van der Waals surface area contributed by atoms with E-state index in [9.17, 15) is 4.79 Å². The molecular formula is C16H19Cl2NO2. The van der Waals surface area contributed by atoms with Crippen molar-refractivity contribution in [3.63, 3.8) is 0 Å². The highest BCUT2D eigenvalue weighted by molar-refractivity contribution is 6.34. The van der Waals surface area contributed by atoms with Gasteiger partial charge in [0.05, 0.1) is 5.54 Å². The summed E-state index contributed by atoms with van der Waals surface area (Å²) >= 11 is 11.8. The van der Waals surface area contributed by atoms with Crippen LogP contribution in [0.25, 0.3) is 0 Å². The molecular weight excluding hydrogens is 309 g/mol. The number of amides is 1. The molecule has 0 saturated carbocycles. The molecule has 114 valence electrons. The Kier molecular flexibility index (Phi) is 6.39. The Morgan fingerprint density at radius 2 is 1.90 bits per heavy atom. The molecule has 0 spiro atoms. The van der Waals surface area contributed by atoms with Gasteiger partial charge in [0.25, 0.3) is 5.91 Å². The van der Waals surface area contributed by atoms with E-state index in [1.54, 1.807) is 25.1 Å². The molecule has 0 aliphatic carbocycles. The second-order valence-corrected chi connectivity index (χ2v) is 5.98. The van der Waals surface area contributed by atoms with Crippen molar-refractivity contribution in [3.05, 3.63) is 28.2 Å². The largest absolute Gasteiger partial charge is 0.481 e. The van der Waals surface area contributed by atoms with Crippen LogP contribution in [0.2, 0.25) is 10.0 Å². The minimum absolute atomic E-state index is 0.221. The zero-order valence-electron chi connectivity index (χ0n) is 12.6. The number of halogens is 2. The molecule has 1 N–H and O–H groups in total. The zero-order valence-corrected chi connectivity index (χ0v) is 14.1. The van der Waals surface area contributed by atoms with E-state index in [4.69, 9.17) is 27.9 Å². The molecule has 3 nitrogen and oxygen atoms in total. The topological polar surface area (TPSA) is 38.3 Å². The Bertz CT molecular complexity index is 553. The first-order valence-corrected chi connectivity index (χ1v) is 7.41. The fourth-order valence-electron chi connectivity index (χ4n) is 1.82. The second kappa shape index (κ2) is 7.59. The Morgan fingerprint density at radius 1 is 1.33 bits per heavy atom. The van der Waals surface area contributed by atoms with Gasteiger partial charge in [-0.1, -0.05) is 36.0 Å². The van der Waals surface area contributed by atoms with E-state index in [1.165, 1.54) is 0 Å². The molecule has 21 heavy (non-hydrogen) atoms. The van der Waals surface area contributed by atoms with Gasteiger partial charge in [-0.25, -0.2) is 0 Å². The third-order valence-corrected chi connectivity index (χ3v) is 3.09. The van der Waals surface area contributed by atoms with Gasteiger partial charge >= 0.3 is 0 Å². The van der Waals surface area contributed by atoms with Crippen molar-refractivity contribution in [2.24, 2.45) is 0 Å². The van der Waals surface area contributed by atoms with Crippen molar-refractivity contribution in [2.45, 2.75) is 45.8 Å². The summed E-state index contributed by atoms with van der Waals surface area (Å²) in [4.78, 5) is 12.3. The maximum atomic E-state index is 12.3. The first-order chi connectivity index (χ1) is 9.77. The minimum atomic E-state index is -0.627. The van der Waals surface area contributed by atoms with Gasteiger partial charge in [-0.3, -0.25) is 4.79 Å². The number of nitrogens with one attached hydrogen (secondary N) is 1. The van der Waals surface area contributed by atoms with Crippen molar-refractivity contribution in [1.29, 1.82) is 0 Å². The highest BCUT2D eigenvalue weighted by Gasteiger charge is 2.24. The molecule has 0 bridgehead atoms. The van der Waals surface area contributed by atoms with Crippen molar-refractivity contribution in [1.82, 2.24) is 5.32 Å². The summed E-state index contributed by atoms with van der Waals surface area (Å²) in [6.45, 7) is 7.28. The summed E-state index contributed by atoms with van der Waals surface area (Å²) in [6.07, 6.45) is -0.108. The standard InChI is InChI=1S/C16H19Cl2NO2/c1-5-7-16(3,4)19-15(20)14(6-2)21-13-9-11(17)8-12(18)10-13/h8-10,14H,6H2,1-4H3,(H,19,20). The third-order valence-electron chi connectivity index (χ3n) is 2.65. The van der Waals surface area contributed by atoms with Gasteiger partial charge in [-0.15, -0.1) is 5.92 Å². The van der Waals surface area contributed by atoms with Gasteiger partial charge in [0.1, 0.15) is 5.75 Å². The maximum Gasteiger partial charge on any atom is 0.262 e. The van der Waals surface area contributed by atoms with Crippen LogP contribution >= 0.6 is 23.2 Å². The molecule has 0 aliphatic rings. The molecule has 0 fully saturated rings. The van der Waals surface area contributed by atoms with E-state index < -0.39 is 11.6 Å². The zero-order chi connectivity index (χ0) is 16.0. The van der Waals surface area contributed by atoms with Crippen LogP contribution in [0.4, 0.5) is 0 Å². The molecule has 1 aromatic rings. The molecule has 1 aromatic carbocycles. The van der Waals surface area contributed by atoms with E-state index in [2.05, 4.69) is 17.2 Å². The lowest BCUT2D eigenvalue weighted by atomic mass is 10.1. The van der Waals surface area contributed by atoms with Crippen LogP contribution in [-0.2, 0) is 4.79 Å². The Hall–Kier alpha value is -1.37. The van der Waals surface area contributed by atoms with E-state index in [1.807, 2.05) is 20.8 Å². The smallest absolute Gasteiger partial charge is 0.262 e. The Morgan fingerprint density at radius 3 is 2.38 bits per heavy atom. The number of ether oxygens (including phenoxy) is 1. The van der Waals surface area contributed by atoms with Crippen molar-refractivity contribution in [2.75, 3.05) is 0 Å². The summed E-state index contributed by atoms with van der Waals surface area (Å²) in [5.74, 6) is 5.97. The van der Waals surface area contributed by atoms with Crippen LogP contribution in [0.3, 0.4) is 0 Å². The molecule has 1 unspecified atom stereocenters. The van der Waals surface area contributed by atoms with Gasteiger partial charge in [0.15, 0.2) is 6.10 Å². The van der Waals surface area contributed by atoms with Gasteiger partial charge in [0, 0.05) is 10.0 Å². The second-order valence-electron chi connectivity index (χ2n) is 5.11. The fraction of sp³-hybridized carbons (Fsp3) is 0.438. The summed E-state index contributed by atoms with van der Waals surface area (Å²) in [5.41, 5.74) is -0.603. The SMILES string of the molecule is CC#CC(C)(C)NC(=O)C(CC)Oc1cc(Cl)cc(Cl)c1. The van der Waals surface area contributed by atoms with Crippen LogP contribution < -0.4 is 10.1 Å². The predicted molar refractivity (Wildman–Crippen MR) is 86.8 cm³/mol. The molecule has 0 aliphatic heterocycles. The van der Waals surface area contributed by atoms with Gasteiger partial charge < -0.3 is 10.1 Å². The van der Waals surface area contributed by atoms with Crippen molar-refractivity contribution >= 4 is 29.1 Å². The number of carbonyl (C=O) groups excluding carboxylic acids is 1. The van der Waals surface area contributed by atoms with Crippen LogP contribution in [0.15, 0.2) is 18.2 Å². The number of hydrogen-bond acceptors (Lipinski definition) is 2. The van der Waals surface area contributed by atoms with E-state index >= 15 is 0 Å². The molecule has 0 heterocycles. The minimum Gasteiger partial charge on any atom is -0.481 e. The lowest BCUT2D eigenvalue weighted by Crippen LogP contribution is -2.48. The summed E-state index contributed by atoms with van der Waals surface area (Å²) in [7, 11) is 0. The highest BCUT2D eigenvalue weighted by atomic mass is 35.5. The van der Waals surface area contributed by atoms with Gasteiger partial charge in [0.2, 0.25) is 0 Å². The average molecular weight is 328 g/mol. The van der Waals surface area contributed by atoms with Gasteiger partial charge in [-0.05, 0) is 45.4 Å². The van der Waals surface area contributed by atoms with E-state index in [-0.39, 0.29) is 5.91 Å². The van der Waals surface area contributed by atoms with Crippen LogP contribution in [-0.4, -0.2) is 17.6 Å². The van der Waals surface area contributed by atoms with Crippen molar-refractivity contribution in [3.8, 4) is 17.6 Å². The van der Waals surface area contributed by atoms with Crippen LogP contribution in [0.5, 0.6) is 5.75 Å². The molecule has 1 amide bonds. The Balaban J connectivity index is 2.82. The van der Waals surface area contributed by atoms with E-state index in [0.29, 0.717) is 22.2 Å². The van der Waals surface area contributed by atoms with Crippen LogP contribution in [0.1, 0.15) is 34.1 Å². The van der Waals surface area contributed by atoms with Crippen molar-refractivity contribution < 1.29 is 9.53 Å². The van der Waals surface area contributed by atoms with Gasteiger partial charge in [-0.2, -0.15) is 0 Å². The number of carbonyl (C=O) groups is 1. The normalized spacial score (nSPS) is 12.1. The molecule has 0 saturated heterocycles. The lowest BCUT2D eigenvalue weighted by molar-refractivity contribution is -0.129. The van der Waals surface area contributed by atoms with E-state index in [0.717, 1.165) is 0 Å². The summed E-state index contributed by atoms with van der Waals surface area (Å²) in [6, 6.07) is 4.86. The van der Waals surface area contributed by atoms with Crippen LogP contribution in [0, 0.1) is 11.8 Å². The monoisotopic (exact) mass is 327 g/mol. The summed E-state index contributed by atoms with van der Waals surface area (Å²) in [5, 5.41) is 3.78. The Labute approximate surface area is 136 Å². The first-order valence-electron chi connectivity index (χ1n) is 6.66. The highest BCUT2D eigenvalue weighted by Crippen LogP contribution is 2.25. The molecule has 0 aromatic heterocycles. The third kappa shape index (κ3) is 5.87. The first kappa shape index (κ1) is 17.7. The lowest BCUT2D eigenvalue weighted by Gasteiger charge is -2.24. The quantitative estimate of drug-likeness (QED) is 0.828. The molecule has 1 atom stereocenters. The maximum absolute atomic E-state index is 12.3. The number of benzene rings is 1. The predicted octanol–water partition coefficient (Wildman–Crippen LogP) is 4.07. The molecule has 0 radical (unpaired) electrons. The molecule has 1 rings (SSSR count). The number of rotatable bonds is 5. The number of hydrogen-bond donors (Lipinski definition) is 1. The fourth-order valence-corrected chi connectivity index (χ4v) is 2.32.